The first-order valence-corrected chi connectivity index (χ1v) is 6.95. The van der Waals surface area contributed by atoms with Gasteiger partial charge in [-0.25, -0.2) is 4.98 Å². The molecule has 2 aromatic rings. The van der Waals surface area contributed by atoms with E-state index in [1.54, 1.807) is 0 Å². The largest absolute Gasteiger partial charge is 0.381 e. The van der Waals surface area contributed by atoms with Gasteiger partial charge in [-0.1, -0.05) is 31.5 Å². The number of halogens is 1. The van der Waals surface area contributed by atoms with E-state index in [4.69, 9.17) is 22.1 Å². The summed E-state index contributed by atoms with van der Waals surface area (Å²) in [5.41, 5.74) is 7.69. The van der Waals surface area contributed by atoms with Crippen LogP contribution in [-0.4, -0.2) is 22.8 Å². The molecule has 0 bridgehead atoms. The Balaban J connectivity index is 2.01. The van der Waals surface area contributed by atoms with Gasteiger partial charge in [-0.2, -0.15) is 0 Å². The lowest BCUT2D eigenvalue weighted by Gasteiger charge is -2.08. The van der Waals surface area contributed by atoms with Crippen LogP contribution in [0.1, 0.15) is 20.3 Å². The van der Waals surface area contributed by atoms with Crippen molar-refractivity contribution in [1.29, 1.82) is 0 Å². The fourth-order valence-corrected chi connectivity index (χ4v) is 2.22. The number of aromatic nitrogens is 2. The minimum absolute atomic E-state index is 0.506. The van der Waals surface area contributed by atoms with Crippen LogP contribution in [-0.2, 0) is 11.3 Å². The smallest absolute Gasteiger partial charge is 0.201 e. The lowest BCUT2D eigenvalue weighted by atomic mass is 10.2. The molecule has 1 aromatic carbocycles. The molecule has 0 saturated carbocycles. The zero-order valence-corrected chi connectivity index (χ0v) is 12.2. The minimum atomic E-state index is 0.506. The van der Waals surface area contributed by atoms with Crippen LogP contribution in [0.4, 0.5) is 5.95 Å². The van der Waals surface area contributed by atoms with Crippen LogP contribution >= 0.6 is 11.6 Å². The van der Waals surface area contributed by atoms with Gasteiger partial charge in [0.1, 0.15) is 5.52 Å². The van der Waals surface area contributed by atoms with Crippen molar-refractivity contribution in [3.8, 4) is 0 Å². The van der Waals surface area contributed by atoms with E-state index in [2.05, 4.69) is 18.8 Å². The van der Waals surface area contributed by atoms with Gasteiger partial charge in [-0.3, -0.25) is 0 Å². The van der Waals surface area contributed by atoms with Crippen molar-refractivity contribution in [2.24, 2.45) is 5.92 Å². The molecule has 104 valence electrons. The van der Waals surface area contributed by atoms with Crippen molar-refractivity contribution >= 4 is 28.6 Å². The highest BCUT2D eigenvalue weighted by Gasteiger charge is 2.10. The topological polar surface area (TPSA) is 53.1 Å². The van der Waals surface area contributed by atoms with Gasteiger partial charge in [0.2, 0.25) is 5.95 Å². The number of hydrogen-bond acceptors (Lipinski definition) is 3. The second-order valence-corrected chi connectivity index (χ2v) is 5.46. The second kappa shape index (κ2) is 6.26. The normalized spacial score (nSPS) is 11.6. The Hall–Kier alpha value is -1.26. The SMILES string of the molecule is CC(C)COCCCn1c(N)nc2c(Cl)cccc21. The number of anilines is 1. The number of nitrogens with zero attached hydrogens (tertiary/aromatic N) is 2. The molecule has 0 amide bonds. The van der Waals surface area contributed by atoms with Crippen molar-refractivity contribution < 1.29 is 4.74 Å². The van der Waals surface area contributed by atoms with Crippen molar-refractivity contribution in [2.45, 2.75) is 26.8 Å². The summed E-state index contributed by atoms with van der Waals surface area (Å²) in [6.45, 7) is 6.61. The maximum atomic E-state index is 6.10. The molecule has 0 unspecified atom stereocenters. The number of imidazole rings is 1. The predicted molar refractivity (Wildman–Crippen MR) is 79.4 cm³/mol. The van der Waals surface area contributed by atoms with Gasteiger partial charge in [0.25, 0.3) is 0 Å². The van der Waals surface area contributed by atoms with E-state index >= 15 is 0 Å². The molecule has 0 spiro atoms. The summed E-state index contributed by atoms with van der Waals surface area (Å²) in [5.74, 6) is 1.07. The number of hydrogen-bond donors (Lipinski definition) is 1. The van der Waals surface area contributed by atoms with E-state index in [0.717, 1.165) is 37.2 Å². The monoisotopic (exact) mass is 281 g/mol. The molecule has 0 saturated heterocycles. The second-order valence-electron chi connectivity index (χ2n) is 5.05. The molecule has 0 atom stereocenters. The third-order valence-electron chi connectivity index (χ3n) is 2.88. The van der Waals surface area contributed by atoms with Gasteiger partial charge in [0, 0.05) is 19.8 Å². The third kappa shape index (κ3) is 3.39. The standard InChI is InChI=1S/C14H20ClN3O/c1-10(2)9-19-8-4-7-18-12-6-3-5-11(15)13(12)17-14(18)16/h3,5-6,10H,4,7-9H2,1-2H3,(H2,16,17). The number of rotatable bonds is 6. The molecule has 0 fully saturated rings. The molecule has 0 radical (unpaired) electrons. The lowest BCUT2D eigenvalue weighted by Crippen LogP contribution is -2.08. The fourth-order valence-electron chi connectivity index (χ4n) is 2.01. The highest BCUT2D eigenvalue weighted by Crippen LogP contribution is 2.25. The van der Waals surface area contributed by atoms with Crippen molar-refractivity contribution in [1.82, 2.24) is 9.55 Å². The van der Waals surface area contributed by atoms with E-state index in [-0.39, 0.29) is 0 Å². The summed E-state index contributed by atoms with van der Waals surface area (Å²) >= 11 is 6.10. The first-order valence-electron chi connectivity index (χ1n) is 6.57. The highest BCUT2D eigenvalue weighted by atomic mass is 35.5. The summed E-state index contributed by atoms with van der Waals surface area (Å²) in [6.07, 6.45) is 0.912. The molecule has 0 aliphatic carbocycles. The summed E-state index contributed by atoms with van der Waals surface area (Å²) in [4.78, 5) is 4.31. The van der Waals surface area contributed by atoms with Crippen LogP contribution in [0.2, 0.25) is 5.02 Å². The Morgan fingerprint density at radius 1 is 1.42 bits per heavy atom. The van der Waals surface area contributed by atoms with E-state index in [1.807, 2.05) is 22.8 Å². The summed E-state index contributed by atoms with van der Waals surface area (Å²) < 4.78 is 7.55. The van der Waals surface area contributed by atoms with Crippen molar-refractivity contribution in [3.05, 3.63) is 23.2 Å². The Morgan fingerprint density at radius 2 is 2.21 bits per heavy atom. The van der Waals surface area contributed by atoms with E-state index < -0.39 is 0 Å². The summed E-state index contributed by atoms with van der Waals surface area (Å²) in [6, 6.07) is 5.73. The molecule has 0 aliphatic rings. The maximum Gasteiger partial charge on any atom is 0.201 e. The molecule has 2 N–H and O–H groups in total. The Morgan fingerprint density at radius 3 is 2.95 bits per heavy atom. The number of aryl methyl sites for hydroxylation is 1. The van der Waals surface area contributed by atoms with Crippen LogP contribution in [0.25, 0.3) is 11.0 Å². The molecule has 1 heterocycles. The van der Waals surface area contributed by atoms with Crippen LogP contribution in [0.3, 0.4) is 0 Å². The van der Waals surface area contributed by atoms with Gasteiger partial charge >= 0.3 is 0 Å². The summed E-state index contributed by atoms with van der Waals surface area (Å²) in [7, 11) is 0. The molecule has 1 aromatic heterocycles. The number of fused-ring (bicyclic) bond motifs is 1. The van der Waals surface area contributed by atoms with Gasteiger partial charge in [0.05, 0.1) is 10.5 Å². The molecule has 5 heteroatoms. The van der Waals surface area contributed by atoms with Crippen LogP contribution in [0, 0.1) is 5.92 Å². The molecule has 4 nitrogen and oxygen atoms in total. The number of nitrogens with two attached hydrogens (primary N) is 1. The third-order valence-corrected chi connectivity index (χ3v) is 3.19. The average Bonchev–Trinajstić information content (AvgIpc) is 2.67. The van der Waals surface area contributed by atoms with E-state index in [9.17, 15) is 0 Å². The van der Waals surface area contributed by atoms with E-state index in [0.29, 0.717) is 16.9 Å². The minimum Gasteiger partial charge on any atom is -0.381 e. The first kappa shape index (κ1) is 14.2. The van der Waals surface area contributed by atoms with Crippen LogP contribution < -0.4 is 5.73 Å². The van der Waals surface area contributed by atoms with Crippen LogP contribution in [0.15, 0.2) is 18.2 Å². The molecule has 19 heavy (non-hydrogen) atoms. The molecular formula is C14H20ClN3O. The van der Waals surface area contributed by atoms with Gasteiger partial charge in [0.15, 0.2) is 0 Å². The number of nitrogen functional groups attached to an aromatic ring is 1. The molecule has 0 aliphatic heterocycles. The maximum absolute atomic E-state index is 6.10. The molecule has 2 rings (SSSR count). The van der Waals surface area contributed by atoms with Gasteiger partial charge in [-0.05, 0) is 24.5 Å². The molecular weight excluding hydrogens is 262 g/mol. The quantitative estimate of drug-likeness (QED) is 0.826. The van der Waals surface area contributed by atoms with Gasteiger partial charge in [-0.15, -0.1) is 0 Å². The number of para-hydroxylation sites is 1. The zero-order valence-electron chi connectivity index (χ0n) is 11.4. The first-order chi connectivity index (χ1) is 9.09. The van der Waals surface area contributed by atoms with Crippen molar-refractivity contribution in [3.63, 3.8) is 0 Å². The Bertz CT molecular complexity index is 551. The lowest BCUT2D eigenvalue weighted by molar-refractivity contribution is 0.105. The number of ether oxygens (including phenoxy) is 1. The highest BCUT2D eigenvalue weighted by molar-refractivity contribution is 6.35. The summed E-state index contributed by atoms with van der Waals surface area (Å²) in [5, 5.41) is 0.638. The average molecular weight is 282 g/mol. The fraction of sp³-hybridized carbons (Fsp3) is 0.500. The predicted octanol–water partition coefficient (Wildman–Crippen LogP) is 3.33. The van der Waals surface area contributed by atoms with Gasteiger partial charge < -0.3 is 15.0 Å². The van der Waals surface area contributed by atoms with Crippen LogP contribution in [0.5, 0.6) is 0 Å². The van der Waals surface area contributed by atoms with E-state index in [1.165, 1.54) is 0 Å². The number of benzene rings is 1. The Kier molecular flexibility index (Phi) is 4.66. The van der Waals surface area contributed by atoms with Crippen molar-refractivity contribution in [2.75, 3.05) is 18.9 Å². The zero-order chi connectivity index (χ0) is 13.8. The Labute approximate surface area is 118 Å².